The summed E-state index contributed by atoms with van der Waals surface area (Å²) in [6, 6.07) is 0.306. The van der Waals surface area contributed by atoms with Gasteiger partial charge in [0.2, 0.25) is 5.91 Å². The molecular weight excluding hydrogens is 270 g/mol. The second-order valence-electron chi connectivity index (χ2n) is 5.78. The minimum absolute atomic E-state index is 0.101. The Morgan fingerprint density at radius 3 is 2.76 bits per heavy atom. The number of nitrogens with one attached hydrogen (secondary N) is 2. The van der Waals surface area contributed by atoms with Gasteiger partial charge in [-0.1, -0.05) is 18.1 Å². The van der Waals surface area contributed by atoms with E-state index in [1.165, 1.54) is 0 Å². The first-order valence-corrected chi connectivity index (χ1v) is 7.21. The van der Waals surface area contributed by atoms with Gasteiger partial charge in [-0.15, -0.1) is 10.2 Å². The number of anilines is 1. The highest BCUT2D eigenvalue weighted by atomic mass is 16.2. The molecule has 0 bridgehead atoms. The van der Waals surface area contributed by atoms with Crippen molar-refractivity contribution in [3.63, 3.8) is 0 Å². The zero-order chi connectivity index (χ0) is 14.9. The van der Waals surface area contributed by atoms with E-state index < -0.39 is 5.41 Å². The van der Waals surface area contributed by atoms with E-state index in [1.807, 2.05) is 10.8 Å². The maximum Gasteiger partial charge on any atom is 0.239 e. The molecule has 0 saturated heterocycles. The molecule has 0 radical (unpaired) electrons. The van der Waals surface area contributed by atoms with E-state index in [0.717, 1.165) is 25.7 Å². The van der Waals surface area contributed by atoms with Crippen LogP contribution >= 0.6 is 0 Å². The molecule has 8 heteroatoms. The lowest BCUT2D eigenvalue weighted by molar-refractivity contribution is -0.121. The number of rotatable bonds is 4. The maximum absolute atomic E-state index is 12.7. The van der Waals surface area contributed by atoms with E-state index in [-0.39, 0.29) is 5.91 Å². The molecule has 21 heavy (non-hydrogen) atoms. The van der Waals surface area contributed by atoms with Crippen molar-refractivity contribution in [2.75, 3.05) is 5.32 Å². The number of imidazole rings is 1. The molecule has 1 aliphatic carbocycles. The molecule has 1 amide bonds. The second-order valence-corrected chi connectivity index (χ2v) is 5.78. The summed E-state index contributed by atoms with van der Waals surface area (Å²) in [7, 11) is 0. The van der Waals surface area contributed by atoms with E-state index in [4.69, 9.17) is 0 Å². The number of tetrazole rings is 1. The highest BCUT2D eigenvalue weighted by Gasteiger charge is 2.46. The molecule has 0 aliphatic heterocycles. The molecule has 1 aliphatic rings. The van der Waals surface area contributed by atoms with Crippen molar-refractivity contribution >= 4 is 11.7 Å². The van der Waals surface area contributed by atoms with Crippen LogP contribution in [0, 0.1) is 0 Å². The van der Waals surface area contributed by atoms with Crippen molar-refractivity contribution in [2.24, 2.45) is 0 Å². The van der Waals surface area contributed by atoms with Crippen LogP contribution in [0.4, 0.5) is 5.82 Å². The molecule has 8 nitrogen and oxygen atoms in total. The quantitative estimate of drug-likeness (QED) is 0.886. The number of hydrogen-bond acceptors (Lipinski definition) is 5. The van der Waals surface area contributed by atoms with Crippen LogP contribution in [0.1, 0.15) is 51.4 Å². The molecule has 2 N–H and O–H groups in total. The number of H-pyrrole nitrogens is 1. The minimum atomic E-state index is -0.686. The number of aromatic amines is 1. The van der Waals surface area contributed by atoms with Crippen LogP contribution in [0.3, 0.4) is 0 Å². The van der Waals surface area contributed by atoms with E-state index in [1.54, 1.807) is 6.33 Å². The number of carbonyl (C=O) groups is 1. The first kappa shape index (κ1) is 13.7. The third-order valence-corrected chi connectivity index (χ3v) is 4.10. The average molecular weight is 289 g/mol. The van der Waals surface area contributed by atoms with Gasteiger partial charge in [-0.2, -0.15) is 5.21 Å². The SMILES string of the molecule is CC(C)n1cnc(NC(=O)C2(c3nn[nH]n3)CCCC2)c1. The zero-order valence-electron chi connectivity index (χ0n) is 12.2. The maximum atomic E-state index is 12.7. The van der Waals surface area contributed by atoms with E-state index in [0.29, 0.717) is 17.7 Å². The normalized spacial score (nSPS) is 17.3. The van der Waals surface area contributed by atoms with Crippen LogP contribution in [0.2, 0.25) is 0 Å². The minimum Gasteiger partial charge on any atom is -0.333 e. The van der Waals surface area contributed by atoms with E-state index >= 15 is 0 Å². The van der Waals surface area contributed by atoms with Gasteiger partial charge in [0.05, 0.1) is 6.33 Å². The molecule has 112 valence electrons. The lowest BCUT2D eigenvalue weighted by Crippen LogP contribution is -2.39. The number of amides is 1. The molecule has 1 fully saturated rings. The van der Waals surface area contributed by atoms with Crippen LogP contribution in [-0.4, -0.2) is 36.1 Å². The molecule has 0 atom stereocenters. The Morgan fingerprint density at radius 1 is 1.43 bits per heavy atom. The smallest absolute Gasteiger partial charge is 0.239 e. The summed E-state index contributed by atoms with van der Waals surface area (Å²) in [4.78, 5) is 17.0. The first-order chi connectivity index (χ1) is 10.1. The summed E-state index contributed by atoms with van der Waals surface area (Å²) in [6.07, 6.45) is 7.01. The molecular formula is C13H19N7O. The van der Waals surface area contributed by atoms with Gasteiger partial charge < -0.3 is 9.88 Å². The van der Waals surface area contributed by atoms with E-state index in [9.17, 15) is 4.79 Å². The molecule has 0 unspecified atom stereocenters. The molecule has 1 saturated carbocycles. The Morgan fingerprint density at radius 2 is 2.19 bits per heavy atom. The Labute approximate surface area is 122 Å². The molecule has 0 spiro atoms. The van der Waals surface area contributed by atoms with Gasteiger partial charge in [0.25, 0.3) is 0 Å². The predicted octanol–water partition coefficient (Wildman–Crippen LogP) is 1.43. The van der Waals surface area contributed by atoms with Crippen molar-refractivity contribution in [2.45, 2.75) is 51.0 Å². The van der Waals surface area contributed by atoms with Gasteiger partial charge in [-0.25, -0.2) is 4.98 Å². The van der Waals surface area contributed by atoms with Crippen LogP contribution in [0.5, 0.6) is 0 Å². The largest absolute Gasteiger partial charge is 0.333 e. The van der Waals surface area contributed by atoms with Crippen LogP contribution in [0.25, 0.3) is 0 Å². The number of carbonyl (C=O) groups excluding carboxylic acids is 1. The molecule has 3 rings (SSSR count). The topological polar surface area (TPSA) is 101 Å². The zero-order valence-corrected chi connectivity index (χ0v) is 12.2. The van der Waals surface area contributed by atoms with Crippen LogP contribution < -0.4 is 5.32 Å². The first-order valence-electron chi connectivity index (χ1n) is 7.21. The monoisotopic (exact) mass is 289 g/mol. The summed E-state index contributed by atoms with van der Waals surface area (Å²) in [5.74, 6) is 0.930. The number of nitrogens with zero attached hydrogens (tertiary/aromatic N) is 5. The molecule has 2 heterocycles. The summed E-state index contributed by atoms with van der Waals surface area (Å²) >= 11 is 0. The summed E-state index contributed by atoms with van der Waals surface area (Å²) < 4.78 is 1.95. The summed E-state index contributed by atoms with van der Waals surface area (Å²) in [5, 5.41) is 17.0. The van der Waals surface area contributed by atoms with Gasteiger partial charge in [-0.05, 0) is 26.7 Å². The Balaban J connectivity index is 1.82. The van der Waals surface area contributed by atoms with Gasteiger partial charge >= 0.3 is 0 Å². The molecule has 2 aromatic heterocycles. The van der Waals surface area contributed by atoms with Crippen molar-refractivity contribution in [1.82, 2.24) is 30.2 Å². The van der Waals surface area contributed by atoms with Crippen molar-refractivity contribution in [3.8, 4) is 0 Å². The fourth-order valence-electron chi connectivity index (χ4n) is 2.81. The Kier molecular flexibility index (Phi) is 3.44. The van der Waals surface area contributed by atoms with Crippen LogP contribution in [-0.2, 0) is 10.2 Å². The Bertz CT molecular complexity index is 610. The lowest BCUT2D eigenvalue weighted by atomic mass is 9.84. The van der Waals surface area contributed by atoms with Crippen molar-refractivity contribution < 1.29 is 4.79 Å². The number of hydrogen-bond donors (Lipinski definition) is 2. The summed E-state index contributed by atoms with van der Waals surface area (Å²) in [5.41, 5.74) is -0.686. The highest BCUT2D eigenvalue weighted by Crippen LogP contribution is 2.40. The highest BCUT2D eigenvalue weighted by molar-refractivity contribution is 5.98. The molecule has 0 aromatic carbocycles. The Hall–Kier alpha value is -2.25. The molecule has 2 aromatic rings. The van der Waals surface area contributed by atoms with Gasteiger partial charge in [0.1, 0.15) is 5.41 Å². The van der Waals surface area contributed by atoms with Crippen LogP contribution in [0.15, 0.2) is 12.5 Å². The van der Waals surface area contributed by atoms with Gasteiger partial charge in [-0.3, -0.25) is 4.79 Å². The standard InChI is InChI=1S/C13H19N7O/c1-9(2)20-7-10(14-8-20)15-12(21)13(5-3-4-6-13)11-16-18-19-17-11/h7-9H,3-6H2,1-2H3,(H,15,21)(H,16,17,18,19). The summed E-state index contributed by atoms with van der Waals surface area (Å²) in [6.45, 7) is 4.12. The third-order valence-electron chi connectivity index (χ3n) is 4.10. The average Bonchev–Trinajstić information content (AvgIpc) is 3.20. The predicted molar refractivity (Wildman–Crippen MR) is 75.6 cm³/mol. The fraction of sp³-hybridized carbons (Fsp3) is 0.615. The fourth-order valence-corrected chi connectivity index (χ4v) is 2.81. The number of aromatic nitrogens is 6. The van der Waals surface area contributed by atoms with Crippen molar-refractivity contribution in [1.29, 1.82) is 0 Å². The van der Waals surface area contributed by atoms with E-state index in [2.05, 4.69) is 44.8 Å². The lowest BCUT2D eigenvalue weighted by Gasteiger charge is -2.23. The van der Waals surface area contributed by atoms with Gasteiger partial charge in [0.15, 0.2) is 11.6 Å². The van der Waals surface area contributed by atoms with Gasteiger partial charge in [0, 0.05) is 12.2 Å². The third kappa shape index (κ3) is 2.41. The van der Waals surface area contributed by atoms with Crippen molar-refractivity contribution in [3.05, 3.63) is 18.3 Å². The second kappa shape index (κ2) is 5.27.